The van der Waals surface area contributed by atoms with E-state index in [0.29, 0.717) is 5.56 Å². The zero-order valence-electron chi connectivity index (χ0n) is 10.6. The number of hydrogen-bond acceptors (Lipinski definition) is 2. The number of ether oxygens (including phenoxy) is 1. The fraction of sp³-hybridized carbons (Fsp3) is 0.133. The van der Waals surface area contributed by atoms with Crippen LogP contribution >= 0.6 is 12.2 Å². The Morgan fingerprint density at radius 2 is 1.65 bits per heavy atom. The molecule has 0 saturated heterocycles. The lowest BCUT2D eigenvalue weighted by molar-refractivity contribution is -0.0467. The molecule has 2 N–H and O–H groups in total. The summed E-state index contributed by atoms with van der Waals surface area (Å²) in [6.07, 6.45) is 0. The van der Waals surface area contributed by atoms with Gasteiger partial charge in [0, 0.05) is 5.56 Å². The zero-order valence-corrected chi connectivity index (χ0v) is 11.4. The molecule has 0 saturated carbocycles. The molecule has 0 aliphatic carbocycles. The van der Waals surface area contributed by atoms with Crippen LogP contribution in [-0.2, 0) is 5.92 Å². The Morgan fingerprint density at radius 3 is 2.30 bits per heavy atom. The van der Waals surface area contributed by atoms with Crippen molar-refractivity contribution < 1.29 is 13.5 Å². The predicted octanol–water partition coefficient (Wildman–Crippen LogP) is 3.49. The van der Waals surface area contributed by atoms with Crippen LogP contribution in [0.15, 0.2) is 54.6 Å². The molecule has 0 amide bonds. The second-order valence-electron chi connectivity index (χ2n) is 4.22. The number of thiocarbonyl (C=S) groups is 1. The van der Waals surface area contributed by atoms with Gasteiger partial charge >= 0.3 is 5.92 Å². The molecule has 2 rings (SSSR count). The van der Waals surface area contributed by atoms with E-state index in [9.17, 15) is 8.78 Å². The molecule has 0 bridgehead atoms. The molecule has 2 nitrogen and oxygen atoms in total. The van der Waals surface area contributed by atoms with Crippen LogP contribution in [0.3, 0.4) is 0 Å². The lowest BCUT2D eigenvalue weighted by Gasteiger charge is -2.18. The SMILES string of the molecule is NC(=S)c1ccccc1OCC(F)(F)c1ccccc1. The number of para-hydroxylation sites is 1. The summed E-state index contributed by atoms with van der Waals surface area (Å²) in [6.45, 7) is -0.767. The van der Waals surface area contributed by atoms with Crippen molar-refractivity contribution in [1.29, 1.82) is 0 Å². The average molecular weight is 293 g/mol. The lowest BCUT2D eigenvalue weighted by Crippen LogP contribution is -2.24. The predicted molar refractivity (Wildman–Crippen MR) is 78.2 cm³/mol. The minimum Gasteiger partial charge on any atom is -0.486 e. The van der Waals surface area contributed by atoms with Gasteiger partial charge in [-0.2, -0.15) is 8.78 Å². The van der Waals surface area contributed by atoms with Gasteiger partial charge < -0.3 is 10.5 Å². The van der Waals surface area contributed by atoms with E-state index in [2.05, 4.69) is 0 Å². The molecule has 0 aliphatic rings. The molecule has 104 valence electrons. The molecular formula is C15H13F2NOS. The largest absolute Gasteiger partial charge is 0.486 e. The third-order valence-electron chi connectivity index (χ3n) is 2.76. The normalized spacial score (nSPS) is 11.1. The Kier molecular flexibility index (Phi) is 4.29. The van der Waals surface area contributed by atoms with Crippen LogP contribution in [0.25, 0.3) is 0 Å². The Hall–Kier alpha value is -2.01. The Labute approximate surface area is 121 Å². The quantitative estimate of drug-likeness (QED) is 0.857. The third kappa shape index (κ3) is 3.30. The summed E-state index contributed by atoms with van der Waals surface area (Å²) in [6, 6.07) is 14.1. The number of alkyl halides is 2. The first kappa shape index (κ1) is 14.4. The van der Waals surface area contributed by atoms with Crippen LogP contribution in [0.1, 0.15) is 11.1 Å². The topological polar surface area (TPSA) is 35.2 Å². The van der Waals surface area contributed by atoms with Crippen LogP contribution in [-0.4, -0.2) is 11.6 Å². The molecule has 0 radical (unpaired) electrons. The third-order valence-corrected chi connectivity index (χ3v) is 2.98. The van der Waals surface area contributed by atoms with Gasteiger partial charge in [-0.05, 0) is 12.1 Å². The highest BCUT2D eigenvalue weighted by molar-refractivity contribution is 7.80. The molecule has 2 aromatic carbocycles. The van der Waals surface area contributed by atoms with Gasteiger partial charge in [-0.15, -0.1) is 0 Å². The summed E-state index contributed by atoms with van der Waals surface area (Å²) in [5.41, 5.74) is 5.89. The van der Waals surface area contributed by atoms with E-state index >= 15 is 0 Å². The van der Waals surface area contributed by atoms with Gasteiger partial charge in [-0.3, -0.25) is 0 Å². The number of rotatable bonds is 5. The molecule has 0 fully saturated rings. The van der Waals surface area contributed by atoms with Gasteiger partial charge in [-0.25, -0.2) is 0 Å². The van der Waals surface area contributed by atoms with E-state index in [1.165, 1.54) is 12.1 Å². The van der Waals surface area contributed by atoms with Crippen molar-refractivity contribution in [3.8, 4) is 5.75 Å². The molecule has 0 spiro atoms. The van der Waals surface area contributed by atoms with E-state index in [-0.39, 0.29) is 16.3 Å². The van der Waals surface area contributed by atoms with Gasteiger partial charge in [-0.1, -0.05) is 54.7 Å². The maximum absolute atomic E-state index is 14.0. The van der Waals surface area contributed by atoms with Crippen LogP contribution in [0.2, 0.25) is 0 Å². The average Bonchev–Trinajstić information content (AvgIpc) is 2.46. The molecule has 20 heavy (non-hydrogen) atoms. The second-order valence-corrected chi connectivity index (χ2v) is 4.66. The maximum atomic E-state index is 14.0. The summed E-state index contributed by atoms with van der Waals surface area (Å²) in [4.78, 5) is 0.114. The highest BCUT2D eigenvalue weighted by atomic mass is 32.1. The first-order chi connectivity index (χ1) is 9.50. The van der Waals surface area contributed by atoms with Crippen LogP contribution in [0.4, 0.5) is 8.78 Å². The smallest absolute Gasteiger partial charge is 0.306 e. The Bertz CT molecular complexity index is 602. The summed E-state index contributed by atoms with van der Waals surface area (Å²) in [7, 11) is 0. The monoisotopic (exact) mass is 293 g/mol. The van der Waals surface area contributed by atoms with Crippen molar-refractivity contribution in [2.24, 2.45) is 5.73 Å². The molecule has 0 heterocycles. The highest BCUT2D eigenvalue weighted by Gasteiger charge is 2.32. The summed E-state index contributed by atoms with van der Waals surface area (Å²) < 4.78 is 33.2. The number of nitrogens with two attached hydrogens (primary N) is 1. The first-order valence-corrected chi connectivity index (χ1v) is 6.36. The molecule has 5 heteroatoms. The Morgan fingerprint density at radius 1 is 1.05 bits per heavy atom. The summed E-state index contributed by atoms with van der Waals surface area (Å²) >= 11 is 4.86. The molecule has 0 atom stereocenters. The van der Waals surface area contributed by atoms with E-state index in [1.54, 1.807) is 42.5 Å². The van der Waals surface area contributed by atoms with E-state index < -0.39 is 12.5 Å². The van der Waals surface area contributed by atoms with Gasteiger partial charge in [0.15, 0.2) is 6.61 Å². The van der Waals surface area contributed by atoms with Crippen LogP contribution in [0, 0.1) is 0 Å². The minimum absolute atomic E-state index is 0.0900. The van der Waals surface area contributed by atoms with E-state index in [1.807, 2.05) is 0 Å². The van der Waals surface area contributed by atoms with E-state index in [4.69, 9.17) is 22.7 Å². The van der Waals surface area contributed by atoms with Gasteiger partial charge in [0.25, 0.3) is 0 Å². The number of halogens is 2. The lowest BCUT2D eigenvalue weighted by atomic mass is 10.1. The molecule has 0 unspecified atom stereocenters. The van der Waals surface area contributed by atoms with Crippen molar-refractivity contribution in [3.05, 3.63) is 65.7 Å². The van der Waals surface area contributed by atoms with Crippen LogP contribution in [0.5, 0.6) is 5.75 Å². The van der Waals surface area contributed by atoms with Gasteiger partial charge in [0.2, 0.25) is 0 Å². The fourth-order valence-electron chi connectivity index (χ4n) is 1.73. The summed E-state index contributed by atoms with van der Waals surface area (Å²) in [5, 5.41) is 0. The zero-order chi connectivity index (χ0) is 14.6. The number of hydrogen-bond donors (Lipinski definition) is 1. The highest BCUT2D eigenvalue weighted by Crippen LogP contribution is 2.29. The molecular weight excluding hydrogens is 280 g/mol. The summed E-state index contributed by atoms with van der Waals surface area (Å²) in [5.74, 6) is -2.82. The van der Waals surface area contributed by atoms with Gasteiger partial charge in [0.05, 0.1) is 5.56 Å². The van der Waals surface area contributed by atoms with E-state index in [0.717, 1.165) is 0 Å². The fourth-order valence-corrected chi connectivity index (χ4v) is 1.90. The molecule has 2 aromatic rings. The van der Waals surface area contributed by atoms with Crippen molar-refractivity contribution >= 4 is 17.2 Å². The van der Waals surface area contributed by atoms with Gasteiger partial charge in [0.1, 0.15) is 10.7 Å². The van der Waals surface area contributed by atoms with Crippen molar-refractivity contribution in [2.75, 3.05) is 6.61 Å². The standard InChI is InChI=1S/C15H13F2NOS/c16-15(17,11-6-2-1-3-7-11)10-19-13-9-5-4-8-12(13)14(18)20/h1-9H,10H2,(H2,18,20). The molecule has 0 aliphatic heterocycles. The first-order valence-electron chi connectivity index (χ1n) is 5.96. The minimum atomic E-state index is -3.08. The van der Waals surface area contributed by atoms with Crippen molar-refractivity contribution in [2.45, 2.75) is 5.92 Å². The Balaban J connectivity index is 2.15. The maximum Gasteiger partial charge on any atom is 0.306 e. The molecule has 0 aromatic heterocycles. The van der Waals surface area contributed by atoms with Crippen LogP contribution < -0.4 is 10.5 Å². The second kappa shape index (κ2) is 5.96. The van der Waals surface area contributed by atoms with Crippen molar-refractivity contribution in [1.82, 2.24) is 0 Å². The van der Waals surface area contributed by atoms with Crippen molar-refractivity contribution in [3.63, 3.8) is 0 Å². The number of benzene rings is 2.